The zero-order valence-corrected chi connectivity index (χ0v) is 10.5. The Morgan fingerprint density at radius 3 is 2.71 bits per heavy atom. The van der Waals surface area contributed by atoms with E-state index in [4.69, 9.17) is 34.8 Å². The van der Waals surface area contributed by atoms with Crippen LogP contribution in [0.25, 0.3) is 0 Å². The van der Waals surface area contributed by atoms with Gasteiger partial charge in [0.1, 0.15) is 10.8 Å². The van der Waals surface area contributed by atoms with Gasteiger partial charge >= 0.3 is 0 Å². The molecule has 1 N–H and O–H groups in total. The van der Waals surface area contributed by atoms with Gasteiger partial charge in [-0.3, -0.25) is 0 Å². The Labute approximate surface area is 112 Å². The molecular formula is C10H5Cl3FN3. The number of anilines is 2. The number of rotatable bonds is 2. The van der Waals surface area contributed by atoms with Crippen LogP contribution in [0.2, 0.25) is 15.3 Å². The van der Waals surface area contributed by atoms with Gasteiger partial charge in [-0.15, -0.1) is 0 Å². The number of halogens is 4. The summed E-state index contributed by atoms with van der Waals surface area (Å²) in [7, 11) is 0. The van der Waals surface area contributed by atoms with E-state index in [1.807, 2.05) is 0 Å². The largest absolute Gasteiger partial charge is 0.336 e. The van der Waals surface area contributed by atoms with Crippen molar-refractivity contribution in [3.05, 3.63) is 45.5 Å². The van der Waals surface area contributed by atoms with Crippen molar-refractivity contribution in [2.24, 2.45) is 0 Å². The van der Waals surface area contributed by atoms with Gasteiger partial charge in [-0.2, -0.15) is 4.98 Å². The molecule has 88 valence electrons. The van der Waals surface area contributed by atoms with Crippen molar-refractivity contribution in [3.63, 3.8) is 0 Å². The standard InChI is InChI=1S/C10H5Cl3FN3/c11-5-1-2-7(14)8(3-5)16-9-6(12)4-15-10(13)17-9/h1-4H,(H,15,16,17). The molecule has 0 atom stereocenters. The molecule has 1 aromatic carbocycles. The molecular weight excluding hydrogens is 287 g/mol. The van der Waals surface area contributed by atoms with Crippen LogP contribution in [-0.4, -0.2) is 9.97 Å². The van der Waals surface area contributed by atoms with E-state index in [-0.39, 0.29) is 21.8 Å². The number of aromatic nitrogens is 2. The van der Waals surface area contributed by atoms with Crippen molar-refractivity contribution < 1.29 is 4.39 Å². The molecule has 1 heterocycles. The number of nitrogens with one attached hydrogen (secondary N) is 1. The molecule has 0 aliphatic heterocycles. The Morgan fingerprint density at radius 2 is 1.94 bits per heavy atom. The molecule has 2 aromatic rings. The first-order valence-electron chi connectivity index (χ1n) is 4.46. The molecule has 0 fully saturated rings. The molecule has 0 saturated heterocycles. The normalized spacial score (nSPS) is 10.4. The highest BCUT2D eigenvalue weighted by Gasteiger charge is 2.08. The van der Waals surface area contributed by atoms with Gasteiger partial charge in [0, 0.05) is 5.02 Å². The minimum absolute atomic E-state index is 0.0133. The fourth-order valence-electron chi connectivity index (χ4n) is 1.15. The van der Waals surface area contributed by atoms with Gasteiger partial charge in [-0.25, -0.2) is 9.37 Å². The van der Waals surface area contributed by atoms with E-state index < -0.39 is 5.82 Å². The molecule has 0 aliphatic carbocycles. The average Bonchev–Trinajstić information content (AvgIpc) is 2.28. The summed E-state index contributed by atoms with van der Waals surface area (Å²) in [6.07, 6.45) is 1.32. The summed E-state index contributed by atoms with van der Waals surface area (Å²) < 4.78 is 13.4. The van der Waals surface area contributed by atoms with E-state index >= 15 is 0 Å². The van der Waals surface area contributed by atoms with Crippen LogP contribution in [0.1, 0.15) is 0 Å². The molecule has 0 spiro atoms. The van der Waals surface area contributed by atoms with Crippen molar-refractivity contribution in [1.82, 2.24) is 9.97 Å². The summed E-state index contributed by atoms with van der Waals surface area (Å²) in [6.45, 7) is 0. The zero-order valence-electron chi connectivity index (χ0n) is 8.22. The lowest BCUT2D eigenvalue weighted by atomic mass is 10.3. The van der Waals surface area contributed by atoms with Crippen LogP contribution in [-0.2, 0) is 0 Å². The van der Waals surface area contributed by atoms with Crippen molar-refractivity contribution >= 4 is 46.3 Å². The molecule has 17 heavy (non-hydrogen) atoms. The summed E-state index contributed by atoms with van der Waals surface area (Å²) in [4.78, 5) is 7.52. The number of hydrogen-bond donors (Lipinski definition) is 1. The van der Waals surface area contributed by atoms with Gasteiger partial charge < -0.3 is 5.32 Å². The smallest absolute Gasteiger partial charge is 0.224 e. The van der Waals surface area contributed by atoms with Gasteiger partial charge in [0.15, 0.2) is 5.82 Å². The van der Waals surface area contributed by atoms with E-state index in [2.05, 4.69) is 15.3 Å². The third kappa shape index (κ3) is 2.97. The van der Waals surface area contributed by atoms with Crippen LogP contribution in [0.3, 0.4) is 0 Å². The molecule has 0 bridgehead atoms. The number of benzene rings is 1. The molecule has 0 unspecified atom stereocenters. The van der Waals surface area contributed by atoms with Gasteiger partial charge in [0.25, 0.3) is 0 Å². The van der Waals surface area contributed by atoms with E-state index in [1.54, 1.807) is 0 Å². The first-order valence-corrected chi connectivity index (χ1v) is 5.60. The van der Waals surface area contributed by atoms with E-state index in [9.17, 15) is 4.39 Å². The van der Waals surface area contributed by atoms with Crippen molar-refractivity contribution in [2.75, 3.05) is 5.32 Å². The predicted molar refractivity (Wildman–Crippen MR) is 66.7 cm³/mol. The first kappa shape index (κ1) is 12.4. The Morgan fingerprint density at radius 1 is 1.18 bits per heavy atom. The minimum atomic E-state index is -0.472. The highest BCUT2D eigenvalue weighted by atomic mass is 35.5. The molecule has 7 heteroatoms. The van der Waals surface area contributed by atoms with Crippen LogP contribution >= 0.6 is 34.8 Å². The molecule has 3 nitrogen and oxygen atoms in total. The number of nitrogens with zero attached hydrogens (tertiary/aromatic N) is 2. The summed E-state index contributed by atoms with van der Waals surface area (Å²) in [5.74, 6) is -0.256. The van der Waals surface area contributed by atoms with Crippen LogP contribution in [0, 0.1) is 5.82 Å². The summed E-state index contributed by atoms with van der Waals surface area (Å²) in [5.41, 5.74) is 0.161. The van der Waals surface area contributed by atoms with Crippen LogP contribution in [0.5, 0.6) is 0 Å². The van der Waals surface area contributed by atoms with E-state index in [0.29, 0.717) is 5.02 Å². The molecule has 1 aromatic heterocycles. The molecule has 2 rings (SSSR count). The number of hydrogen-bond acceptors (Lipinski definition) is 3. The van der Waals surface area contributed by atoms with Crippen molar-refractivity contribution in [2.45, 2.75) is 0 Å². The predicted octanol–water partition coefficient (Wildman–Crippen LogP) is 4.32. The lowest BCUT2D eigenvalue weighted by molar-refractivity contribution is 0.632. The third-order valence-corrected chi connectivity index (χ3v) is 2.59. The maximum Gasteiger partial charge on any atom is 0.224 e. The lowest BCUT2D eigenvalue weighted by Crippen LogP contribution is -1.98. The maximum atomic E-state index is 13.4. The van der Waals surface area contributed by atoms with Gasteiger partial charge in [-0.05, 0) is 29.8 Å². The second-order valence-electron chi connectivity index (χ2n) is 3.08. The van der Waals surface area contributed by atoms with Crippen LogP contribution in [0.15, 0.2) is 24.4 Å². The SMILES string of the molecule is Fc1ccc(Cl)cc1Nc1nc(Cl)ncc1Cl. The zero-order chi connectivity index (χ0) is 12.4. The third-order valence-electron chi connectivity index (χ3n) is 1.90. The quantitative estimate of drug-likeness (QED) is 0.838. The monoisotopic (exact) mass is 291 g/mol. The molecule has 0 saturated carbocycles. The van der Waals surface area contributed by atoms with Gasteiger partial charge in [0.2, 0.25) is 5.28 Å². The van der Waals surface area contributed by atoms with Crippen LogP contribution in [0.4, 0.5) is 15.9 Å². The summed E-state index contributed by atoms with van der Waals surface area (Å²) in [6, 6.07) is 4.10. The van der Waals surface area contributed by atoms with Crippen molar-refractivity contribution in [1.29, 1.82) is 0 Å². The highest BCUT2D eigenvalue weighted by molar-refractivity contribution is 6.33. The Balaban J connectivity index is 2.37. The minimum Gasteiger partial charge on any atom is -0.336 e. The van der Waals surface area contributed by atoms with Crippen LogP contribution < -0.4 is 5.32 Å². The summed E-state index contributed by atoms with van der Waals surface area (Å²) >= 11 is 17.2. The first-order chi connectivity index (χ1) is 8.06. The average molecular weight is 293 g/mol. The molecule has 0 amide bonds. The fourth-order valence-corrected chi connectivity index (χ4v) is 1.60. The van der Waals surface area contributed by atoms with E-state index in [1.165, 1.54) is 24.4 Å². The fraction of sp³-hybridized carbons (Fsp3) is 0. The van der Waals surface area contributed by atoms with E-state index in [0.717, 1.165) is 0 Å². The topological polar surface area (TPSA) is 37.8 Å². The van der Waals surface area contributed by atoms with Crippen molar-refractivity contribution in [3.8, 4) is 0 Å². The molecule has 0 radical (unpaired) electrons. The second kappa shape index (κ2) is 5.04. The van der Waals surface area contributed by atoms with Gasteiger partial charge in [-0.1, -0.05) is 23.2 Å². The maximum absolute atomic E-state index is 13.4. The van der Waals surface area contributed by atoms with Gasteiger partial charge in [0.05, 0.1) is 11.9 Å². The summed E-state index contributed by atoms with van der Waals surface area (Å²) in [5, 5.41) is 3.33. The second-order valence-corrected chi connectivity index (χ2v) is 4.27. The Kier molecular flexibility index (Phi) is 3.66. The molecule has 0 aliphatic rings. The Hall–Kier alpha value is -1.10. The lowest BCUT2D eigenvalue weighted by Gasteiger charge is -2.08. The highest BCUT2D eigenvalue weighted by Crippen LogP contribution is 2.27. The Bertz CT molecular complexity index is 513.